The SMILES string of the molecule is NC(Cc1ccc(-c2ccc(C(F)(F)F)cc2C(F)(F)F)s1)C(=O)N1CCN(C(c2ccccc2)c2ccccc2)CC1. The van der Waals surface area contributed by atoms with Crippen LogP contribution >= 0.6 is 11.3 Å². The van der Waals surface area contributed by atoms with Gasteiger partial charge in [0.2, 0.25) is 5.91 Å². The van der Waals surface area contributed by atoms with Gasteiger partial charge in [-0.05, 0) is 35.4 Å². The van der Waals surface area contributed by atoms with E-state index < -0.39 is 29.5 Å². The van der Waals surface area contributed by atoms with Crippen molar-refractivity contribution >= 4 is 17.2 Å². The van der Waals surface area contributed by atoms with Crippen LogP contribution in [0.25, 0.3) is 10.4 Å². The van der Waals surface area contributed by atoms with Gasteiger partial charge in [-0.1, -0.05) is 66.7 Å². The van der Waals surface area contributed by atoms with Crippen molar-refractivity contribution in [3.05, 3.63) is 118 Å². The third-order valence-electron chi connectivity index (χ3n) is 7.54. The second kappa shape index (κ2) is 12.5. The summed E-state index contributed by atoms with van der Waals surface area (Å²) in [6.07, 6.45) is -9.78. The lowest BCUT2D eigenvalue weighted by molar-refractivity contribution is -0.142. The van der Waals surface area contributed by atoms with Gasteiger partial charge in [-0.15, -0.1) is 11.3 Å². The van der Waals surface area contributed by atoms with Gasteiger partial charge in [0.15, 0.2) is 0 Å². The van der Waals surface area contributed by atoms with E-state index in [-0.39, 0.29) is 34.9 Å². The summed E-state index contributed by atoms with van der Waals surface area (Å²) >= 11 is 0.981. The molecular formula is C32H29F6N3OS. The monoisotopic (exact) mass is 617 g/mol. The zero-order valence-corrected chi connectivity index (χ0v) is 23.7. The number of hydrogen-bond acceptors (Lipinski definition) is 4. The molecule has 1 amide bonds. The summed E-state index contributed by atoms with van der Waals surface area (Å²) in [5.41, 5.74) is 5.50. The second-order valence-electron chi connectivity index (χ2n) is 10.4. The summed E-state index contributed by atoms with van der Waals surface area (Å²) in [6.45, 7) is 2.20. The first kappa shape index (κ1) is 30.8. The van der Waals surface area contributed by atoms with E-state index in [4.69, 9.17) is 5.73 Å². The van der Waals surface area contributed by atoms with Crippen molar-refractivity contribution in [1.29, 1.82) is 0 Å². The Labute approximate surface area is 249 Å². The van der Waals surface area contributed by atoms with E-state index in [2.05, 4.69) is 29.2 Å². The summed E-state index contributed by atoms with van der Waals surface area (Å²) in [5, 5.41) is 0. The van der Waals surface area contributed by atoms with Gasteiger partial charge in [0.25, 0.3) is 0 Å². The lowest BCUT2D eigenvalue weighted by Gasteiger charge is -2.40. The molecule has 0 bridgehead atoms. The number of amides is 1. The van der Waals surface area contributed by atoms with Gasteiger partial charge in [0, 0.05) is 47.9 Å². The fourth-order valence-electron chi connectivity index (χ4n) is 5.43. The number of rotatable bonds is 7. The number of nitrogens with two attached hydrogens (primary N) is 1. The molecule has 43 heavy (non-hydrogen) atoms. The first-order chi connectivity index (χ1) is 20.4. The summed E-state index contributed by atoms with van der Waals surface area (Å²) < 4.78 is 80.2. The van der Waals surface area contributed by atoms with E-state index in [0.29, 0.717) is 37.1 Å². The molecule has 5 rings (SSSR count). The molecule has 0 radical (unpaired) electrons. The first-order valence-electron chi connectivity index (χ1n) is 13.7. The Balaban J connectivity index is 1.25. The number of thiophene rings is 1. The van der Waals surface area contributed by atoms with Crippen LogP contribution in [0, 0.1) is 0 Å². The lowest BCUT2D eigenvalue weighted by Crippen LogP contribution is -2.54. The van der Waals surface area contributed by atoms with Crippen LogP contribution in [-0.4, -0.2) is 47.9 Å². The van der Waals surface area contributed by atoms with E-state index in [1.807, 2.05) is 36.4 Å². The highest BCUT2D eigenvalue weighted by Crippen LogP contribution is 2.42. The number of alkyl halides is 6. The zero-order valence-electron chi connectivity index (χ0n) is 22.9. The summed E-state index contributed by atoms with van der Waals surface area (Å²) in [7, 11) is 0. The molecule has 4 nitrogen and oxygen atoms in total. The number of nitrogens with zero attached hydrogens (tertiary/aromatic N) is 2. The topological polar surface area (TPSA) is 49.6 Å². The molecule has 226 valence electrons. The minimum absolute atomic E-state index is 0.0321. The lowest BCUT2D eigenvalue weighted by atomic mass is 9.96. The van der Waals surface area contributed by atoms with Gasteiger partial charge in [0.05, 0.1) is 23.2 Å². The van der Waals surface area contributed by atoms with Crippen LogP contribution in [0.3, 0.4) is 0 Å². The number of hydrogen-bond donors (Lipinski definition) is 1. The highest BCUT2D eigenvalue weighted by molar-refractivity contribution is 7.15. The Morgan fingerprint density at radius 1 is 0.767 bits per heavy atom. The Kier molecular flexibility index (Phi) is 8.96. The van der Waals surface area contributed by atoms with Gasteiger partial charge >= 0.3 is 12.4 Å². The quantitative estimate of drug-likeness (QED) is 0.222. The normalized spacial score (nSPS) is 15.6. The van der Waals surface area contributed by atoms with E-state index >= 15 is 0 Å². The summed E-state index contributed by atoms with van der Waals surface area (Å²) in [6, 6.07) is 24.0. The molecule has 11 heteroatoms. The molecule has 0 spiro atoms. The number of halogens is 6. The maximum absolute atomic E-state index is 13.7. The Morgan fingerprint density at radius 2 is 1.35 bits per heavy atom. The van der Waals surface area contributed by atoms with Gasteiger partial charge < -0.3 is 10.6 Å². The highest BCUT2D eigenvalue weighted by Gasteiger charge is 2.38. The number of carbonyl (C=O) groups excluding carboxylic acids is 1. The Hall–Kier alpha value is -3.67. The molecule has 1 atom stereocenters. The molecule has 1 fully saturated rings. The molecule has 1 aliphatic rings. The maximum atomic E-state index is 13.7. The minimum atomic E-state index is -4.98. The average molecular weight is 618 g/mol. The van der Waals surface area contributed by atoms with E-state index in [1.54, 1.807) is 11.0 Å². The van der Waals surface area contributed by atoms with Crippen LogP contribution < -0.4 is 5.73 Å². The van der Waals surface area contributed by atoms with Crippen molar-refractivity contribution < 1.29 is 31.1 Å². The molecule has 3 aromatic carbocycles. The van der Waals surface area contributed by atoms with Gasteiger partial charge in [-0.2, -0.15) is 26.3 Å². The molecule has 2 N–H and O–H groups in total. The minimum Gasteiger partial charge on any atom is -0.339 e. The number of benzene rings is 3. The highest BCUT2D eigenvalue weighted by atomic mass is 32.1. The molecule has 1 unspecified atom stereocenters. The number of piperazine rings is 1. The fourth-order valence-corrected chi connectivity index (χ4v) is 6.53. The van der Waals surface area contributed by atoms with Crippen LogP contribution in [0.15, 0.2) is 91.0 Å². The van der Waals surface area contributed by atoms with Crippen LogP contribution in [-0.2, 0) is 23.6 Å². The zero-order chi connectivity index (χ0) is 30.8. The second-order valence-corrected chi connectivity index (χ2v) is 11.6. The van der Waals surface area contributed by atoms with Crippen molar-refractivity contribution in [2.45, 2.75) is 30.9 Å². The molecule has 0 saturated carbocycles. The van der Waals surface area contributed by atoms with E-state index in [1.165, 1.54) is 6.07 Å². The van der Waals surface area contributed by atoms with Crippen LogP contribution in [0.1, 0.15) is 33.2 Å². The predicted molar refractivity (Wildman–Crippen MR) is 154 cm³/mol. The average Bonchev–Trinajstić information content (AvgIpc) is 3.45. The molecule has 1 aliphatic heterocycles. The maximum Gasteiger partial charge on any atom is 0.417 e. The number of carbonyl (C=O) groups is 1. The third kappa shape index (κ3) is 7.11. The summed E-state index contributed by atoms with van der Waals surface area (Å²) in [4.78, 5) is 18.0. The summed E-state index contributed by atoms with van der Waals surface area (Å²) in [5.74, 6) is -0.254. The Bertz CT molecular complexity index is 1490. The van der Waals surface area contributed by atoms with Gasteiger partial charge in [0.1, 0.15) is 0 Å². The van der Waals surface area contributed by atoms with Crippen molar-refractivity contribution in [3.63, 3.8) is 0 Å². The molecule has 1 aromatic heterocycles. The van der Waals surface area contributed by atoms with Crippen molar-refractivity contribution in [1.82, 2.24) is 9.80 Å². The third-order valence-corrected chi connectivity index (χ3v) is 8.68. The predicted octanol–water partition coefficient (Wildman–Crippen LogP) is 7.26. The first-order valence-corrected chi connectivity index (χ1v) is 14.5. The van der Waals surface area contributed by atoms with E-state index in [0.717, 1.165) is 28.5 Å². The molecular weight excluding hydrogens is 588 g/mol. The smallest absolute Gasteiger partial charge is 0.339 e. The van der Waals surface area contributed by atoms with Crippen molar-refractivity contribution in [2.75, 3.05) is 26.2 Å². The van der Waals surface area contributed by atoms with Gasteiger partial charge in [-0.3, -0.25) is 9.69 Å². The molecule has 4 aromatic rings. The van der Waals surface area contributed by atoms with Crippen molar-refractivity contribution in [2.24, 2.45) is 5.73 Å². The van der Waals surface area contributed by atoms with Crippen molar-refractivity contribution in [3.8, 4) is 10.4 Å². The van der Waals surface area contributed by atoms with E-state index in [9.17, 15) is 31.1 Å². The molecule has 1 saturated heterocycles. The Morgan fingerprint density at radius 3 is 1.88 bits per heavy atom. The fraction of sp³-hybridized carbons (Fsp3) is 0.281. The molecule has 2 heterocycles. The van der Waals surface area contributed by atoms with Crippen LogP contribution in [0.2, 0.25) is 0 Å². The standard InChI is InChI=1S/C32H29F6N3OS/c33-31(34,35)23-11-13-25(26(19-23)32(36,37)38)28-14-12-24(43-28)20-27(39)30(42)41-17-15-40(16-18-41)29(21-7-3-1-4-8-21)22-9-5-2-6-10-22/h1-14,19,27,29H,15-18,20,39H2. The van der Waals surface area contributed by atoms with Crippen LogP contribution in [0.5, 0.6) is 0 Å². The van der Waals surface area contributed by atoms with Crippen LogP contribution in [0.4, 0.5) is 26.3 Å². The largest absolute Gasteiger partial charge is 0.417 e. The molecule has 0 aliphatic carbocycles. The van der Waals surface area contributed by atoms with Gasteiger partial charge in [-0.25, -0.2) is 0 Å².